The molecule has 0 aliphatic heterocycles. The molecule has 0 radical (unpaired) electrons. The molecule has 3 rings (SSSR count). The van der Waals surface area contributed by atoms with Crippen LogP contribution in [0.5, 0.6) is 0 Å². The number of hydrogen-bond donors (Lipinski definition) is 1. The first-order valence-corrected chi connectivity index (χ1v) is 10.5. The Morgan fingerprint density at radius 1 is 1.04 bits per heavy atom. The third kappa shape index (κ3) is 5.37. The smallest absolute Gasteiger partial charge is 0.216 e. The van der Waals surface area contributed by atoms with Gasteiger partial charge in [-0.25, -0.2) is 18.1 Å². The lowest BCUT2D eigenvalue weighted by Crippen LogP contribution is -2.24. The molecule has 1 aromatic heterocycles. The van der Waals surface area contributed by atoms with Crippen LogP contribution >= 0.6 is 22.9 Å². The van der Waals surface area contributed by atoms with Gasteiger partial charge in [0.15, 0.2) is 0 Å². The first kappa shape index (κ1) is 18.1. The first-order valence-electron chi connectivity index (χ1n) is 7.70. The summed E-state index contributed by atoms with van der Waals surface area (Å²) in [6.45, 7) is 0.187. The van der Waals surface area contributed by atoms with Crippen LogP contribution in [0.25, 0.3) is 0 Å². The SMILES string of the molecule is O=S(=O)(Cc1ccccc1Cl)NCc1ncc(Cc2ccccc2)s1. The van der Waals surface area contributed by atoms with Crippen molar-refractivity contribution in [1.29, 1.82) is 0 Å². The van der Waals surface area contributed by atoms with Gasteiger partial charge >= 0.3 is 0 Å². The van der Waals surface area contributed by atoms with Crippen molar-refractivity contribution in [2.75, 3.05) is 0 Å². The van der Waals surface area contributed by atoms with Gasteiger partial charge in [-0.05, 0) is 17.2 Å². The summed E-state index contributed by atoms with van der Waals surface area (Å²) < 4.78 is 27.1. The van der Waals surface area contributed by atoms with Crippen molar-refractivity contribution in [2.45, 2.75) is 18.7 Å². The average Bonchev–Trinajstić information content (AvgIpc) is 3.04. The summed E-state index contributed by atoms with van der Waals surface area (Å²) in [6.07, 6.45) is 2.60. The Kier molecular flexibility index (Phi) is 5.86. The Labute approximate surface area is 156 Å². The fourth-order valence-electron chi connectivity index (χ4n) is 2.35. The molecule has 0 atom stereocenters. The van der Waals surface area contributed by atoms with Crippen LogP contribution in [0.3, 0.4) is 0 Å². The zero-order valence-corrected chi connectivity index (χ0v) is 15.7. The van der Waals surface area contributed by atoms with E-state index in [0.29, 0.717) is 10.6 Å². The minimum Gasteiger partial charge on any atom is -0.248 e. The van der Waals surface area contributed by atoms with Crippen LogP contribution in [-0.4, -0.2) is 13.4 Å². The highest BCUT2D eigenvalue weighted by molar-refractivity contribution is 7.88. The number of rotatable bonds is 7. The fourth-order valence-corrected chi connectivity index (χ4v) is 4.74. The standard InChI is InChI=1S/C18H17ClN2O2S2/c19-17-9-5-4-8-15(17)13-25(22,23)21-12-18-20-11-16(24-18)10-14-6-2-1-3-7-14/h1-9,11,21H,10,12-13H2. The van der Waals surface area contributed by atoms with Crippen molar-refractivity contribution in [3.05, 3.63) is 86.8 Å². The van der Waals surface area contributed by atoms with Crippen LogP contribution in [0, 0.1) is 0 Å². The van der Waals surface area contributed by atoms with E-state index in [-0.39, 0.29) is 12.3 Å². The lowest BCUT2D eigenvalue weighted by molar-refractivity contribution is 0.580. The number of nitrogens with one attached hydrogen (secondary N) is 1. The number of sulfonamides is 1. The van der Waals surface area contributed by atoms with Gasteiger partial charge in [-0.2, -0.15) is 0 Å². The zero-order chi connectivity index (χ0) is 17.7. The van der Waals surface area contributed by atoms with Gasteiger partial charge in [0.05, 0.1) is 12.3 Å². The maximum absolute atomic E-state index is 12.2. The Balaban J connectivity index is 1.59. The van der Waals surface area contributed by atoms with E-state index in [1.54, 1.807) is 30.5 Å². The first-order chi connectivity index (χ1) is 12.0. The second-order valence-electron chi connectivity index (χ2n) is 5.55. The third-order valence-corrected chi connectivity index (χ3v) is 6.21. The molecule has 3 aromatic rings. The third-order valence-electron chi connectivity index (χ3n) is 3.57. The van der Waals surface area contributed by atoms with E-state index in [2.05, 4.69) is 21.8 Å². The number of nitrogens with zero attached hydrogens (tertiary/aromatic N) is 1. The maximum atomic E-state index is 12.2. The van der Waals surface area contributed by atoms with Crippen LogP contribution in [0.2, 0.25) is 5.02 Å². The summed E-state index contributed by atoms with van der Waals surface area (Å²) in [4.78, 5) is 5.41. The second kappa shape index (κ2) is 8.10. The summed E-state index contributed by atoms with van der Waals surface area (Å²) >= 11 is 7.54. The molecule has 25 heavy (non-hydrogen) atoms. The Bertz CT molecular complexity index is 940. The molecule has 0 amide bonds. The number of hydrogen-bond acceptors (Lipinski definition) is 4. The van der Waals surface area contributed by atoms with Crippen LogP contribution in [-0.2, 0) is 28.7 Å². The van der Waals surface area contributed by atoms with Gasteiger partial charge in [-0.1, -0.05) is 60.1 Å². The van der Waals surface area contributed by atoms with Crippen molar-refractivity contribution in [3.63, 3.8) is 0 Å². The average molecular weight is 393 g/mol. The van der Waals surface area contributed by atoms with Gasteiger partial charge in [0, 0.05) is 22.5 Å². The fraction of sp³-hybridized carbons (Fsp3) is 0.167. The van der Waals surface area contributed by atoms with Gasteiger partial charge in [-0.3, -0.25) is 0 Å². The minimum atomic E-state index is -3.47. The van der Waals surface area contributed by atoms with Crippen molar-refractivity contribution >= 4 is 33.0 Å². The molecule has 2 aromatic carbocycles. The van der Waals surface area contributed by atoms with E-state index < -0.39 is 10.0 Å². The molecule has 0 aliphatic rings. The molecule has 0 aliphatic carbocycles. The van der Waals surface area contributed by atoms with E-state index in [9.17, 15) is 8.42 Å². The molecule has 1 heterocycles. The molecule has 0 fully saturated rings. The molecule has 0 spiro atoms. The molecular weight excluding hydrogens is 376 g/mol. The lowest BCUT2D eigenvalue weighted by Gasteiger charge is -2.06. The largest absolute Gasteiger partial charge is 0.248 e. The normalized spacial score (nSPS) is 11.6. The zero-order valence-electron chi connectivity index (χ0n) is 13.4. The molecule has 0 saturated carbocycles. The van der Waals surface area contributed by atoms with E-state index in [0.717, 1.165) is 16.3 Å². The van der Waals surface area contributed by atoms with E-state index >= 15 is 0 Å². The molecule has 0 bridgehead atoms. The van der Waals surface area contributed by atoms with Gasteiger partial charge in [0.25, 0.3) is 0 Å². The van der Waals surface area contributed by atoms with Gasteiger partial charge in [-0.15, -0.1) is 11.3 Å². The van der Waals surface area contributed by atoms with Gasteiger partial charge < -0.3 is 0 Å². The molecule has 130 valence electrons. The summed E-state index contributed by atoms with van der Waals surface area (Å²) in [6, 6.07) is 17.0. The summed E-state index contributed by atoms with van der Waals surface area (Å²) in [5, 5.41) is 1.20. The molecule has 0 saturated heterocycles. The van der Waals surface area contributed by atoms with E-state index in [1.165, 1.54) is 16.9 Å². The lowest BCUT2D eigenvalue weighted by atomic mass is 10.1. The molecule has 7 heteroatoms. The molecular formula is C18H17ClN2O2S2. The van der Waals surface area contributed by atoms with E-state index in [4.69, 9.17) is 11.6 Å². The summed E-state index contributed by atoms with van der Waals surface area (Å²) in [5.41, 5.74) is 1.79. The summed E-state index contributed by atoms with van der Waals surface area (Å²) in [7, 11) is -3.47. The monoisotopic (exact) mass is 392 g/mol. The summed E-state index contributed by atoms with van der Waals surface area (Å²) in [5.74, 6) is -0.144. The Hall–Kier alpha value is -1.73. The van der Waals surface area contributed by atoms with Crippen molar-refractivity contribution in [3.8, 4) is 0 Å². The Morgan fingerprint density at radius 2 is 1.76 bits per heavy atom. The molecule has 4 nitrogen and oxygen atoms in total. The minimum absolute atomic E-state index is 0.144. The van der Waals surface area contributed by atoms with Crippen LogP contribution in [0.1, 0.15) is 21.0 Å². The molecule has 1 N–H and O–H groups in total. The van der Waals surface area contributed by atoms with E-state index in [1.807, 2.05) is 18.2 Å². The highest BCUT2D eigenvalue weighted by atomic mass is 35.5. The number of thiazole rings is 1. The predicted octanol–water partition coefficient (Wildman–Crippen LogP) is 4.01. The van der Waals surface area contributed by atoms with Gasteiger partial charge in [0.1, 0.15) is 5.01 Å². The predicted molar refractivity (Wildman–Crippen MR) is 102 cm³/mol. The number of benzene rings is 2. The van der Waals surface area contributed by atoms with Crippen LogP contribution < -0.4 is 4.72 Å². The van der Waals surface area contributed by atoms with Crippen LogP contribution in [0.4, 0.5) is 0 Å². The molecule has 0 unspecified atom stereocenters. The second-order valence-corrected chi connectivity index (χ2v) is 8.97. The number of halogens is 1. The van der Waals surface area contributed by atoms with Gasteiger partial charge in [0.2, 0.25) is 10.0 Å². The Morgan fingerprint density at radius 3 is 2.52 bits per heavy atom. The topological polar surface area (TPSA) is 59.1 Å². The van der Waals surface area contributed by atoms with Crippen molar-refractivity contribution in [2.24, 2.45) is 0 Å². The highest BCUT2D eigenvalue weighted by Gasteiger charge is 2.14. The van der Waals surface area contributed by atoms with Crippen LogP contribution in [0.15, 0.2) is 60.8 Å². The quantitative estimate of drug-likeness (QED) is 0.660. The number of aromatic nitrogens is 1. The van der Waals surface area contributed by atoms with Crippen molar-refractivity contribution < 1.29 is 8.42 Å². The maximum Gasteiger partial charge on any atom is 0.216 e. The van der Waals surface area contributed by atoms with Crippen molar-refractivity contribution in [1.82, 2.24) is 9.71 Å². The highest BCUT2D eigenvalue weighted by Crippen LogP contribution is 2.19.